The predicted octanol–water partition coefficient (Wildman–Crippen LogP) is 3.78. The van der Waals surface area contributed by atoms with E-state index in [4.69, 9.17) is 4.74 Å². The third-order valence-electron chi connectivity index (χ3n) is 3.02. The summed E-state index contributed by atoms with van der Waals surface area (Å²) in [6, 6.07) is 8.91. The molecule has 0 aromatic heterocycles. The summed E-state index contributed by atoms with van der Waals surface area (Å²) >= 11 is 3.47. The van der Waals surface area contributed by atoms with Crippen LogP contribution in [0.4, 0.5) is 0 Å². The average molecular weight is 314 g/mol. The summed E-state index contributed by atoms with van der Waals surface area (Å²) in [4.78, 5) is 0. The van der Waals surface area contributed by atoms with E-state index in [1.165, 1.54) is 5.56 Å². The quantitative estimate of drug-likeness (QED) is 0.788. The van der Waals surface area contributed by atoms with Crippen molar-refractivity contribution in [1.82, 2.24) is 5.32 Å². The average Bonchev–Trinajstić information content (AvgIpc) is 2.37. The van der Waals surface area contributed by atoms with E-state index in [0.717, 1.165) is 30.5 Å². The second kappa shape index (κ2) is 8.68. The molecule has 1 N–H and O–H groups in total. The van der Waals surface area contributed by atoms with Crippen LogP contribution in [0.2, 0.25) is 0 Å². The van der Waals surface area contributed by atoms with Crippen molar-refractivity contribution in [2.75, 3.05) is 13.2 Å². The lowest BCUT2D eigenvalue weighted by Crippen LogP contribution is -2.41. The molecule has 0 bridgehead atoms. The molecule has 1 aromatic rings. The summed E-state index contributed by atoms with van der Waals surface area (Å²) in [6.45, 7) is 8.20. The Morgan fingerprint density at radius 2 is 1.89 bits per heavy atom. The van der Waals surface area contributed by atoms with E-state index >= 15 is 0 Å². The van der Waals surface area contributed by atoms with Crippen LogP contribution in [0.15, 0.2) is 28.7 Å². The van der Waals surface area contributed by atoms with Crippen molar-refractivity contribution in [2.45, 2.75) is 45.8 Å². The molecular weight excluding hydrogens is 290 g/mol. The Morgan fingerprint density at radius 3 is 2.44 bits per heavy atom. The number of nitrogens with one attached hydrogen (secondary N) is 1. The van der Waals surface area contributed by atoms with Crippen LogP contribution in [-0.4, -0.2) is 25.3 Å². The first-order valence-electron chi connectivity index (χ1n) is 6.76. The van der Waals surface area contributed by atoms with Crippen LogP contribution in [0.3, 0.4) is 0 Å². The lowest BCUT2D eigenvalue weighted by Gasteiger charge is -2.25. The summed E-state index contributed by atoms with van der Waals surface area (Å²) in [5.74, 6) is 0. The van der Waals surface area contributed by atoms with Crippen LogP contribution in [0.1, 0.15) is 32.8 Å². The van der Waals surface area contributed by atoms with Crippen molar-refractivity contribution >= 4 is 15.9 Å². The third kappa shape index (κ3) is 5.51. The monoisotopic (exact) mass is 313 g/mol. The van der Waals surface area contributed by atoms with E-state index in [1.807, 2.05) is 6.92 Å². The fourth-order valence-electron chi connectivity index (χ4n) is 1.99. The number of halogens is 1. The first kappa shape index (κ1) is 15.7. The topological polar surface area (TPSA) is 21.3 Å². The minimum Gasteiger partial charge on any atom is -0.377 e. The fraction of sp³-hybridized carbons (Fsp3) is 0.600. The van der Waals surface area contributed by atoms with E-state index < -0.39 is 0 Å². The Kier molecular flexibility index (Phi) is 7.56. The van der Waals surface area contributed by atoms with E-state index in [1.54, 1.807) is 0 Å². The summed E-state index contributed by atoms with van der Waals surface area (Å²) in [7, 11) is 0. The zero-order valence-electron chi connectivity index (χ0n) is 11.6. The molecule has 102 valence electrons. The second-order valence-electron chi connectivity index (χ2n) is 4.55. The molecule has 0 saturated heterocycles. The highest BCUT2D eigenvalue weighted by molar-refractivity contribution is 9.10. The highest BCUT2D eigenvalue weighted by atomic mass is 79.9. The smallest absolute Gasteiger partial charge is 0.0703 e. The predicted molar refractivity (Wildman–Crippen MR) is 81.0 cm³/mol. The Morgan fingerprint density at radius 1 is 1.22 bits per heavy atom. The highest BCUT2D eigenvalue weighted by Crippen LogP contribution is 2.13. The molecule has 0 amide bonds. The van der Waals surface area contributed by atoms with Gasteiger partial charge in [-0.05, 0) is 50.9 Å². The number of hydrogen-bond acceptors (Lipinski definition) is 2. The summed E-state index contributed by atoms with van der Waals surface area (Å²) < 4.78 is 6.85. The summed E-state index contributed by atoms with van der Waals surface area (Å²) in [5, 5.41) is 3.58. The van der Waals surface area contributed by atoms with Crippen LogP contribution in [0, 0.1) is 0 Å². The molecule has 1 rings (SSSR count). The molecule has 3 heteroatoms. The Labute approximate surface area is 119 Å². The van der Waals surface area contributed by atoms with Gasteiger partial charge in [-0.1, -0.05) is 35.0 Å². The minimum atomic E-state index is 0.241. The molecule has 2 atom stereocenters. The zero-order valence-corrected chi connectivity index (χ0v) is 13.2. The van der Waals surface area contributed by atoms with Crippen LogP contribution in [0.5, 0.6) is 0 Å². The molecule has 0 aliphatic rings. The van der Waals surface area contributed by atoms with Gasteiger partial charge in [0.05, 0.1) is 6.10 Å². The van der Waals surface area contributed by atoms with Crippen LogP contribution < -0.4 is 5.32 Å². The van der Waals surface area contributed by atoms with Gasteiger partial charge in [0, 0.05) is 17.1 Å². The van der Waals surface area contributed by atoms with Crippen LogP contribution in [0.25, 0.3) is 0 Å². The van der Waals surface area contributed by atoms with Crippen LogP contribution >= 0.6 is 15.9 Å². The van der Waals surface area contributed by atoms with E-state index in [0.29, 0.717) is 6.04 Å². The maximum Gasteiger partial charge on any atom is 0.0703 e. The first-order chi connectivity index (χ1) is 8.67. The second-order valence-corrected chi connectivity index (χ2v) is 5.47. The molecule has 2 unspecified atom stereocenters. The fourth-order valence-corrected chi connectivity index (χ4v) is 2.25. The summed E-state index contributed by atoms with van der Waals surface area (Å²) in [6.07, 6.45) is 2.40. The molecule has 0 fully saturated rings. The summed E-state index contributed by atoms with van der Waals surface area (Å²) in [5.41, 5.74) is 1.35. The third-order valence-corrected chi connectivity index (χ3v) is 3.55. The van der Waals surface area contributed by atoms with Crippen molar-refractivity contribution in [3.8, 4) is 0 Å². The van der Waals surface area contributed by atoms with Gasteiger partial charge in [0.15, 0.2) is 0 Å². The van der Waals surface area contributed by atoms with E-state index in [2.05, 4.69) is 59.4 Å². The molecule has 0 radical (unpaired) electrons. The van der Waals surface area contributed by atoms with Crippen molar-refractivity contribution in [3.05, 3.63) is 34.3 Å². The van der Waals surface area contributed by atoms with Gasteiger partial charge < -0.3 is 10.1 Å². The Bertz CT molecular complexity index is 326. The lowest BCUT2D eigenvalue weighted by molar-refractivity contribution is 0.0476. The van der Waals surface area contributed by atoms with Crippen molar-refractivity contribution in [1.29, 1.82) is 0 Å². The normalized spacial score (nSPS) is 14.4. The SMILES string of the molecule is CCCNC(Cc1ccc(Br)cc1)C(C)OCC. The van der Waals surface area contributed by atoms with Crippen LogP contribution in [-0.2, 0) is 11.2 Å². The molecule has 0 spiro atoms. The molecule has 0 aliphatic carbocycles. The van der Waals surface area contributed by atoms with Crippen molar-refractivity contribution in [2.24, 2.45) is 0 Å². The van der Waals surface area contributed by atoms with Gasteiger partial charge >= 0.3 is 0 Å². The van der Waals surface area contributed by atoms with Gasteiger partial charge in [0.2, 0.25) is 0 Å². The molecule has 0 heterocycles. The van der Waals surface area contributed by atoms with Gasteiger partial charge in [-0.15, -0.1) is 0 Å². The zero-order chi connectivity index (χ0) is 13.4. The standard InChI is InChI=1S/C15H24BrNO/c1-4-10-17-15(12(3)18-5-2)11-13-6-8-14(16)9-7-13/h6-9,12,15,17H,4-5,10-11H2,1-3H3. The van der Waals surface area contributed by atoms with Crippen molar-refractivity contribution in [3.63, 3.8) is 0 Å². The van der Waals surface area contributed by atoms with E-state index in [-0.39, 0.29) is 6.10 Å². The number of ether oxygens (including phenoxy) is 1. The molecule has 1 aromatic carbocycles. The molecule has 2 nitrogen and oxygen atoms in total. The Balaban J connectivity index is 2.61. The lowest BCUT2D eigenvalue weighted by atomic mass is 10.0. The number of hydrogen-bond donors (Lipinski definition) is 1. The van der Waals surface area contributed by atoms with E-state index in [9.17, 15) is 0 Å². The maximum atomic E-state index is 5.73. The number of rotatable bonds is 8. The molecule has 0 aliphatic heterocycles. The van der Waals surface area contributed by atoms with Gasteiger partial charge in [-0.25, -0.2) is 0 Å². The first-order valence-corrected chi connectivity index (χ1v) is 7.56. The molecular formula is C15H24BrNO. The van der Waals surface area contributed by atoms with Gasteiger partial charge in [0.25, 0.3) is 0 Å². The highest BCUT2D eigenvalue weighted by Gasteiger charge is 2.17. The maximum absolute atomic E-state index is 5.73. The van der Waals surface area contributed by atoms with Gasteiger partial charge in [-0.2, -0.15) is 0 Å². The largest absolute Gasteiger partial charge is 0.377 e. The Hall–Kier alpha value is -0.380. The number of benzene rings is 1. The molecule has 18 heavy (non-hydrogen) atoms. The van der Waals surface area contributed by atoms with Crippen molar-refractivity contribution < 1.29 is 4.74 Å². The molecule has 0 saturated carbocycles. The van der Waals surface area contributed by atoms with Gasteiger partial charge in [-0.3, -0.25) is 0 Å². The van der Waals surface area contributed by atoms with Gasteiger partial charge in [0.1, 0.15) is 0 Å². The minimum absolute atomic E-state index is 0.241.